The summed E-state index contributed by atoms with van der Waals surface area (Å²) in [6, 6.07) is 1.50. The van der Waals surface area contributed by atoms with Gasteiger partial charge in [-0.05, 0) is 0 Å². The lowest BCUT2D eigenvalue weighted by molar-refractivity contribution is 0.398. The zero-order chi connectivity index (χ0) is 12.2. The molecule has 0 aliphatic rings. The number of nitrogens with one attached hydrogen (secondary N) is 1. The number of methoxy groups -OCH3 is 1. The second-order valence-corrected chi connectivity index (χ2v) is 4.68. The van der Waals surface area contributed by atoms with Gasteiger partial charge in [0.15, 0.2) is 0 Å². The summed E-state index contributed by atoms with van der Waals surface area (Å²) < 4.78 is 26.2. The van der Waals surface area contributed by atoms with E-state index >= 15 is 0 Å². The van der Waals surface area contributed by atoms with Crippen LogP contribution in [0.25, 0.3) is 0 Å². The molecule has 1 aromatic rings. The van der Waals surface area contributed by atoms with E-state index in [-0.39, 0.29) is 18.2 Å². The molecule has 0 spiro atoms. The third-order valence-corrected chi connectivity index (χ3v) is 2.39. The molecular formula is C7H13N5O3S. The van der Waals surface area contributed by atoms with Crippen LogP contribution in [-0.2, 0) is 10.0 Å². The van der Waals surface area contributed by atoms with Crippen LogP contribution in [0.3, 0.4) is 0 Å². The van der Waals surface area contributed by atoms with Crippen molar-refractivity contribution < 1.29 is 13.2 Å². The van der Waals surface area contributed by atoms with Gasteiger partial charge in [0.1, 0.15) is 5.82 Å². The maximum absolute atomic E-state index is 10.7. The van der Waals surface area contributed by atoms with Crippen molar-refractivity contribution in [3.63, 3.8) is 0 Å². The molecular weight excluding hydrogens is 234 g/mol. The normalized spacial score (nSPS) is 11.1. The van der Waals surface area contributed by atoms with E-state index in [0.29, 0.717) is 11.7 Å². The molecule has 5 N–H and O–H groups in total. The summed E-state index contributed by atoms with van der Waals surface area (Å²) in [7, 11) is -2.05. The molecule has 0 atom stereocenters. The average Bonchev–Trinajstić information content (AvgIpc) is 2.14. The number of nitrogen functional groups attached to an aromatic ring is 1. The van der Waals surface area contributed by atoms with Crippen molar-refractivity contribution in [3.8, 4) is 5.88 Å². The van der Waals surface area contributed by atoms with Crippen LogP contribution in [0.5, 0.6) is 5.88 Å². The molecule has 0 aliphatic heterocycles. The first kappa shape index (κ1) is 12.5. The summed E-state index contributed by atoms with van der Waals surface area (Å²) in [4.78, 5) is 7.61. The van der Waals surface area contributed by atoms with Gasteiger partial charge in [0, 0.05) is 12.6 Å². The van der Waals surface area contributed by atoms with Gasteiger partial charge in [0.05, 0.1) is 12.9 Å². The molecule has 1 aromatic heterocycles. The van der Waals surface area contributed by atoms with Crippen LogP contribution in [-0.4, -0.2) is 37.8 Å². The van der Waals surface area contributed by atoms with Crippen molar-refractivity contribution in [3.05, 3.63) is 6.07 Å². The van der Waals surface area contributed by atoms with E-state index in [4.69, 9.17) is 15.6 Å². The standard InChI is InChI=1S/C7H13N5O3S/c1-15-6-4-5(11-7(8)12-6)10-2-3-16(9,13)14/h4H,2-3H2,1H3,(H2,9,13,14)(H3,8,10,11,12). The maximum Gasteiger partial charge on any atom is 0.225 e. The summed E-state index contributed by atoms with van der Waals surface area (Å²) in [5.41, 5.74) is 5.41. The third-order valence-electron chi connectivity index (χ3n) is 1.62. The van der Waals surface area contributed by atoms with Crippen molar-refractivity contribution in [2.45, 2.75) is 0 Å². The zero-order valence-corrected chi connectivity index (χ0v) is 9.49. The van der Waals surface area contributed by atoms with Crippen molar-refractivity contribution in [2.75, 3.05) is 30.5 Å². The molecule has 0 radical (unpaired) electrons. The van der Waals surface area contributed by atoms with E-state index in [1.165, 1.54) is 13.2 Å². The molecule has 0 amide bonds. The highest BCUT2D eigenvalue weighted by Crippen LogP contribution is 2.13. The van der Waals surface area contributed by atoms with E-state index in [2.05, 4.69) is 15.3 Å². The number of hydrogen-bond donors (Lipinski definition) is 3. The first-order valence-electron chi connectivity index (χ1n) is 4.33. The van der Waals surface area contributed by atoms with Crippen molar-refractivity contribution in [1.82, 2.24) is 9.97 Å². The van der Waals surface area contributed by atoms with Gasteiger partial charge in [-0.1, -0.05) is 0 Å². The predicted molar refractivity (Wildman–Crippen MR) is 59.5 cm³/mol. The Kier molecular flexibility index (Phi) is 3.85. The molecule has 0 bridgehead atoms. The van der Waals surface area contributed by atoms with E-state index in [0.717, 1.165) is 0 Å². The minimum Gasteiger partial charge on any atom is -0.481 e. The summed E-state index contributed by atoms with van der Waals surface area (Å²) in [5, 5.41) is 7.58. The minimum atomic E-state index is -3.49. The van der Waals surface area contributed by atoms with Crippen molar-refractivity contribution >= 4 is 21.8 Å². The monoisotopic (exact) mass is 247 g/mol. The van der Waals surface area contributed by atoms with Crippen LogP contribution in [0.15, 0.2) is 6.07 Å². The zero-order valence-electron chi connectivity index (χ0n) is 8.67. The topological polar surface area (TPSA) is 133 Å². The fraction of sp³-hybridized carbons (Fsp3) is 0.429. The van der Waals surface area contributed by atoms with E-state index in [1.807, 2.05) is 0 Å². The second kappa shape index (κ2) is 4.94. The molecule has 9 heteroatoms. The van der Waals surface area contributed by atoms with Crippen LogP contribution in [0.4, 0.5) is 11.8 Å². The Balaban J connectivity index is 2.63. The van der Waals surface area contributed by atoms with Gasteiger partial charge in [-0.15, -0.1) is 0 Å². The second-order valence-electron chi connectivity index (χ2n) is 2.95. The highest BCUT2D eigenvalue weighted by Gasteiger charge is 2.04. The Labute approximate surface area is 93.1 Å². The third kappa shape index (κ3) is 4.28. The summed E-state index contributed by atoms with van der Waals surface area (Å²) in [6.45, 7) is 0.137. The number of anilines is 2. The van der Waals surface area contributed by atoms with Crippen LogP contribution < -0.4 is 20.9 Å². The van der Waals surface area contributed by atoms with Gasteiger partial charge in [-0.2, -0.15) is 9.97 Å². The van der Waals surface area contributed by atoms with E-state index in [1.54, 1.807) is 0 Å². The lowest BCUT2D eigenvalue weighted by Gasteiger charge is -2.06. The summed E-state index contributed by atoms with van der Waals surface area (Å²) in [5.74, 6) is 0.523. The molecule has 8 nitrogen and oxygen atoms in total. The Morgan fingerprint density at radius 2 is 2.19 bits per heavy atom. The first-order valence-corrected chi connectivity index (χ1v) is 6.05. The molecule has 16 heavy (non-hydrogen) atoms. The molecule has 1 rings (SSSR count). The van der Waals surface area contributed by atoms with Gasteiger partial charge < -0.3 is 15.8 Å². The fourth-order valence-corrected chi connectivity index (χ4v) is 1.35. The van der Waals surface area contributed by atoms with Crippen LogP contribution in [0, 0.1) is 0 Å². The highest BCUT2D eigenvalue weighted by molar-refractivity contribution is 7.89. The Morgan fingerprint density at radius 3 is 2.75 bits per heavy atom. The van der Waals surface area contributed by atoms with Crippen molar-refractivity contribution in [1.29, 1.82) is 0 Å². The molecule has 0 aromatic carbocycles. The number of primary sulfonamides is 1. The Bertz CT molecular complexity index is 461. The van der Waals surface area contributed by atoms with Gasteiger partial charge >= 0.3 is 0 Å². The number of rotatable bonds is 5. The number of nitrogens with two attached hydrogens (primary N) is 2. The Hall–Kier alpha value is -1.61. The SMILES string of the molecule is COc1cc(NCCS(N)(=O)=O)nc(N)n1. The Morgan fingerprint density at radius 1 is 1.50 bits per heavy atom. The first-order chi connectivity index (χ1) is 7.40. The lowest BCUT2D eigenvalue weighted by Crippen LogP contribution is -2.22. The van der Waals surface area contributed by atoms with Crippen LogP contribution >= 0.6 is 0 Å². The van der Waals surface area contributed by atoms with E-state index in [9.17, 15) is 8.42 Å². The number of hydrogen-bond acceptors (Lipinski definition) is 7. The molecule has 90 valence electrons. The van der Waals surface area contributed by atoms with Crippen molar-refractivity contribution in [2.24, 2.45) is 5.14 Å². The molecule has 0 saturated heterocycles. The lowest BCUT2D eigenvalue weighted by atomic mass is 10.5. The summed E-state index contributed by atoms with van der Waals surface area (Å²) in [6.07, 6.45) is 0. The van der Waals surface area contributed by atoms with Crippen LogP contribution in [0.1, 0.15) is 0 Å². The quantitative estimate of drug-likeness (QED) is 0.593. The average molecular weight is 247 g/mol. The summed E-state index contributed by atoms with van der Waals surface area (Å²) >= 11 is 0. The highest BCUT2D eigenvalue weighted by atomic mass is 32.2. The smallest absolute Gasteiger partial charge is 0.225 e. The molecule has 0 fully saturated rings. The number of aromatic nitrogens is 2. The fourth-order valence-electron chi connectivity index (χ4n) is 0.959. The van der Waals surface area contributed by atoms with Gasteiger partial charge in [-0.3, -0.25) is 0 Å². The van der Waals surface area contributed by atoms with Gasteiger partial charge in [0.2, 0.25) is 21.9 Å². The molecule has 0 saturated carbocycles. The number of nitrogens with zero attached hydrogens (tertiary/aromatic N) is 2. The molecule has 1 heterocycles. The number of ether oxygens (including phenoxy) is 1. The molecule has 0 aliphatic carbocycles. The minimum absolute atomic E-state index is 0.0393. The van der Waals surface area contributed by atoms with E-state index < -0.39 is 10.0 Å². The number of sulfonamides is 1. The van der Waals surface area contributed by atoms with Crippen LogP contribution in [0.2, 0.25) is 0 Å². The largest absolute Gasteiger partial charge is 0.481 e. The molecule has 0 unspecified atom stereocenters. The van der Waals surface area contributed by atoms with Gasteiger partial charge in [0.25, 0.3) is 0 Å². The van der Waals surface area contributed by atoms with Gasteiger partial charge in [-0.25, -0.2) is 13.6 Å². The predicted octanol–water partition coefficient (Wildman–Crippen LogP) is -1.23. The maximum atomic E-state index is 10.7.